The van der Waals surface area contributed by atoms with Gasteiger partial charge in [-0.3, -0.25) is 0 Å². The maximum Gasteiger partial charge on any atom is 0.336 e. The van der Waals surface area contributed by atoms with Crippen LogP contribution in [0.4, 0.5) is 0 Å². The lowest BCUT2D eigenvalue weighted by atomic mass is 10.0. The third-order valence-electron chi connectivity index (χ3n) is 7.80. The molecule has 48 heavy (non-hydrogen) atoms. The van der Waals surface area contributed by atoms with Crippen LogP contribution in [0.15, 0.2) is 121 Å². The summed E-state index contributed by atoms with van der Waals surface area (Å²) in [5.74, 6) is -2.40. The zero-order valence-electron chi connectivity index (χ0n) is 30.2. The molecule has 0 saturated carbocycles. The fourth-order valence-electron chi connectivity index (χ4n) is 5.02. The Labute approximate surface area is 293 Å². The van der Waals surface area contributed by atoms with E-state index in [0.717, 1.165) is 18.9 Å². The summed E-state index contributed by atoms with van der Waals surface area (Å²) >= 11 is 0. The van der Waals surface area contributed by atoms with E-state index in [1.165, 1.54) is 128 Å². The first kappa shape index (κ1) is 44.3. The lowest BCUT2D eigenvalue weighted by Gasteiger charge is -2.01. The van der Waals surface area contributed by atoms with Crippen molar-refractivity contribution < 1.29 is 19.8 Å². The first-order chi connectivity index (χ1) is 23.5. The normalized spacial score (nSPS) is 13.5. The molecule has 4 nitrogen and oxygen atoms in total. The molecule has 0 aliphatic rings. The maximum absolute atomic E-state index is 11.9. The van der Waals surface area contributed by atoms with Gasteiger partial charge in [-0.15, -0.1) is 0 Å². The number of hydrogen-bond donors (Lipinski definition) is 2. The summed E-state index contributed by atoms with van der Waals surface area (Å²) in [7, 11) is 0. The Hall–Kier alpha value is -3.66. The van der Waals surface area contributed by atoms with Gasteiger partial charge in [-0.25, -0.2) is 9.59 Å². The second-order valence-corrected chi connectivity index (χ2v) is 12.2. The summed E-state index contributed by atoms with van der Waals surface area (Å²) < 4.78 is 0. The Morgan fingerprint density at radius 1 is 0.438 bits per heavy atom. The number of carboxylic acid groups (broad SMARTS) is 2. The second-order valence-electron chi connectivity index (χ2n) is 12.2. The molecule has 0 radical (unpaired) electrons. The molecule has 0 atom stereocenters. The minimum atomic E-state index is -1.21. The topological polar surface area (TPSA) is 74.6 Å². The van der Waals surface area contributed by atoms with Crippen molar-refractivity contribution in [3.8, 4) is 0 Å². The molecule has 266 valence electrons. The first-order valence-corrected chi connectivity index (χ1v) is 18.7. The minimum absolute atomic E-state index is 0.100. The van der Waals surface area contributed by atoms with Crippen molar-refractivity contribution >= 4 is 11.9 Å². The standard InChI is InChI=1S/C44H66O4/c1-3-5-7-9-11-13-15-17-19-21-23-25-27-29-31-33-35-37-39-42(44(47)48)41(40-43(45)46)38-36-34-32-30-28-26-24-22-20-18-16-14-12-10-8-6-4-2/h23-40H,3-22H2,1-2H3,(H,45,46)(H,47,48). The average Bonchev–Trinajstić information content (AvgIpc) is 3.06. The van der Waals surface area contributed by atoms with Crippen LogP contribution >= 0.6 is 0 Å². The minimum Gasteiger partial charge on any atom is -0.478 e. The highest BCUT2D eigenvalue weighted by molar-refractivity contribution is 5.96. The van der Waals surface area contributed by atoms with Crippen molar-refractivity contribution in [2.45, 2.75) is 142 Å². The highest BCUT2D eigenvalue weighted by atomic mass is 16.4. The van der Waals surface area contributed by atoms with Crippen LogP contribution in [0, 0.1) is 0 Å². The summed E-state index contributed by atoms with van der Waals surface area (Å²) in [6.45, 7) is 4.51. The Morgan fingerprint density at radius 2 is 0.792 bits per heavy atom. The van der Waals surface area contributed by atoms with E-state index in [1.54, 1.807) is 30.4 Å². The molecule has 0 fully saturated rings. The molecule has 0 bridgehead atoms. The van der Waals surface area contributed by atoms with Gasteiger partial charge in [0.1, 0.15) is 0 Å². The number of unbranched alkanes of at least 4 members (excludes halogenated alkanes) is 18. The summed E-state index contributed by atoms with van der Waals surface area (Å²) in [6.07, 6.45) is 58.4. The van der Waals surface area contributed by atoms with Crippen molar-refractivity contribution in [3.63, 3.8) is 0 Å². The van der Waals surface area contributed by atoms with E-state index in [-0.39, 0.29) is 11.1 Å². The van der Waals surface area contributed by atoms with Gasteiger partial charge in [0, 0.05) is 6.08 Å². The van der Waals surface area contributed by atoms with Gasteiger partial charge in [0.2, 0.25) is 0 Å². The average molecular weight is 659 g/mol. The molecular weight excluding hydrogens is 592 g/mol. The quantitative estimate of drug-likeness (QED) is 0.0441. The summed E-state index contributed by atoms with van der Waals surface area (Å²) in [5, 5.41) is 19.0. The zero-order valence-corrected chi connectivity index (χ0v) is 30.2. The molecule has 2 N–H and O–H groups in total. The van der Waals surface area contributed by atoms with E-state index >= 15 is 0 Å². The molecule has 0 spiro atoms. The molecule has 0 saturated heterocycles. The van der Waals surface area contributed by atoms with Crippen molar-refractivity contribution in [2.75, 3.05) is 0 Å². The zero-order chi connectivity index (χ0) is 35.2. The molecule has 0 aromatic heterocycles. The fraction of sp³-hybridized carbons (Fsp3) is 0.500. The third kappa shape index (κ3) is 32.3. The van der Waals surface area contributed by atoms with Crippen LogP contribution in [0.2, 0.25) is 0 Å². The van der Waals surface area contributed by atoms with E-state index in [1.807, 2.05) is 42.5 Å². The molecule has 0 aromatic rings. The van der Waals surface area contributed by atoms with E-state index < -0.39 is 11.9 Å². The fourth-order valence-corrected chi connectivity index (χ4v) is 5.02. The predicted octanol–water partition coefficient (Wildman–Crippen LogP) is 13.3. The van der Waals surface area contributed by atoms with Crippen LogP contribution in [-0.4, -0.2) is 22.2 Å². The van der Waals surface area contributed by atoms with Crippen molar-refractivity contribution in [3.05, 3.63) is 121 Å². The Morgan fingerprint density at radius 3 is 1.19 bits per heavy atom. The molecule has 0 unspecified atom stereocenters. The number of carboxylic acids is 2. The summed E-state index contributed by atoms with van der Waals surface area (Å²) in [4.78, 5) is 23.2. The van der Waals surface area contributed by atoms with E-state index in [2.05, 4.69) is 32.1 Å². The number of carbonyl (C=O) groups is 2. The summed E-state index contributed by atoms with van der Waals surface area (Å²) in [6, 6.07) is 0. The molecule has 0 aliphatic carbocycles. The van der Waals surface area contributed by atoms with Crippen molar-refractivity contribution in [1.29, 1.82) is 0 Å². The smallest absolute Gasteiger partial charge is 0.336 e. The molecule has 4 heteroatoms. The van der Waals surface area contributed by atoms with Crippen LogP contribution < -0.4 is 0 Å². The largest absolute Gasteiger partial charge is 0.478 e. The monoisotopic (exact) mass is 658 g/mol. The van der Waals surface area contributed by atoms with Gasteiger partial charge in [-0.1, -0.05) is 214 Å². The number of aliphatic carboxylic acids is 2. The van der Waals surface area contributed by atoms with Gasteiger partial charge >= 0.3 is 11.9 Å². The number of allylic oxidation sites excluding steroid dienone is 17. The second kappa shape index (κ2) is 36.2. The highest BCUT2D eigenvalue weighted by Crippen LogP contribution is 2.14. The van der Waals surface area contributed by atoms with Gasteiger partial charge in [0.25, 0.3) is 0 Å². The van der Waals surface area contributed by atoms with Crippen molar-refractivity contribution in [2.24, 2.45) is 0 Å². The molecule has 0 aliphatic heterocycles. The SMILES string of the molecule is CCCCCCCCCCCC=CC=CC=CC=CC=C(C(=O)O)C(C=CC=CC=CC=CCCCCCCCCCCC)=CC(=O)O. The third-order valence-corrected chi connectivity index (χ3v) is 7.80. The summed E-state index contributed by atoms with van der Waals surface area (Å²) in [5.41, 5.74) is 0.00626. The van der Waals surface area contributed by atoms with Crippen LogP contribution in [0.25, 0.3) is 0 Å². The van der Waals surface area contributed by atoms with Crippen LogP contribution in [0.3, 0.4) is 0 Å². The molecule has 0 rings (SSSR count). The maximum atomic E-state index is 11.9. The van der Waals surface area contributed by atoms with Crippen molar-refractivity contribution in [1.82, 2.24) is 0 Å². The van der Waals surface area contributed by atoms with Crippen LogP contribution in [-0.2, 0) is 9.59 Å². The molecule has 0 heterocycles. The van der Waals surface area contributed by atoms with E-state index in [0.29, 0.717) is 0 Å². The van der Waals surface area contributed by atoms with E-state index in [4.69, 9.17) is 0 Å². The van der Waals surface area contributed by atoms with Gasteiger partial charge < -0.3 is 10.2 Å². The first-order valence-electron chi connectivity index (χ1n) is 18.7. The van der Waals surface area contributed by atoms with Gasteiger partial charge in [-0.05, 0) is 37.3 Å². The lowest BCUT2D eigenvalue weighted by molar-refractivity contribution is -0.132. The Kier molecular flexibility index (Phi) is 33.4. The predicted molar refractivity (Wildman–Crippen MR) is 208 cm³/mol. The Balaban J connectivity index is 4.55. The lowest BCUT2D eigenvalue weighted by Crippen LogP contribution is -2.04. The van der Waals surface area contributed by atoms with Gasteiger partial charge in [-0.2, -0.15) is 0 Å². The molecule has 0 amide bonds. The number of rotatable bonds is 31. The molecule has 0 aromatic carbocycles. The highest BCUT2D eigenvalue weighted by Gasteiger charge is 2.11. The molecular formula is C44H66O4. The van der Waals surface area contributed by atoms with Crippen LogP contribution in [0.1, 0.15) is 142 Å². The van der Waals surface area contributed by atoms with E-state index in [9.17, 15) is 19.8 Å². The Bertz CT molecular complexity index is 1100. The van der Waals surface area contributed by atoms with Crippen LogP contribution in [0.5, 0.6) is 0 Å². The van der Waals surface area contributed by atoms with Gasteiger partial charge in [0.15, 0.2) is 0 Å². The van der Waals surface area contributed by atoms with Gasteiger partial charge in [0.05, 0.1) is 5.57 Å². The number of hydrogen-bond acceptors (Lipinski definition) is 2.